The molecule has 0 radical (unpaired) electrons. The Kier molecular flexibility index (Phi) is 4.53. The van der Waals surface area contributed by atoms with E-state index < -0.39 is 16.7 Å². The molecule has 0 aliphatic rings. The van der Waals surface area contributed by atoms with Crippen molar-refractivity contribution in [3.63, 3.8) is 0 Å². The fraction of sp³-hybridized carbons (Fsp3) is 0.143. The lowest BCUT2D eigenvalue weighted by molar-refractivity contribution is -0.384. The number of alkyl halides is 3. The highest BCUT2D eigenvalue weighted by atomic mass is 19.4. The SMILES string of the molecule is Cc1ccc(-c2cc(C(F)(F)F)c3c(C)nn(-c4ccc([N+](=O)[O-])cc4)c3n2)cc1. The Morgan fingerprint density at radius 3 is 2.20 bits per heavy atom. The summed E-state index contributed by atoms with van der Waals surface area (Å²) in [5.41, 5.74) is 1.30. The lowest BCUT2D eigenvalue weighted by Gasteiger charge is -2.12. The van der Waals surface area contributed by atoms with Crippen molar-refractivity contribution in [2.75, 3.05) is 0 Å². The number of pyridine rings is 1. The highest BCUT2D eigenvalue weighted by molar-refractivity contribution is 5.87. The van der Waals surface area contributed by atoms with Crippen LogP contribution in [0.2, 0.25) is 0 Å². The maximum Gasteiger partial charge on any atom is 0.417 e. The van der Waals surface area contributed by atoms with Crippen molar-refractivity contribution in [2.45, 2.75) is 20.0 Å². The molecule has 0 amide bonds. The van der Waals surface area contributed by atoms with Gasteiger partial charge in [0.2, 0.25) is 0 Å². The van der Waals surface area contributed by atoms with Crippen LogP contribution in [0.5, 0.6) is 0 Å². The van der Waals surface area contributed by atoms with E-state index in [0.717, 1.165) is 11.6 Å². The molecular weight excluding hydrogens is 397 g/mol. The molecule has 6 nitrogen and oxygen atoms in total. The molecule has 0 N–H and O–H groups in total. The molecule has 0 saturated carbocycles. The number of halogens is 3. The lowest BCUT2D eigenvalue weighted by atomic mass is 10.0. The Labute approximate surface area is 168 Å². The van der Waals surface area contributed by atoms with Crippen molar-refractivity contribution in [1.82, 2.24) is 14.8 Å². The van der Waals surface area contributed by atoms with Crippen LogP contribution in [0.15, 0.2) is 54.6 Å². The molecule has 4 aromatic rings. The van der Waals surface area contributed by atoms with Gasteiger partial charge in [-0.3, -0.25) is 10.1 Å². The molecule has 152 valence electrons. The topological polar surface area (TPSA) is 73.8 Å². The highest BCUT2D eigenvalue weighted by Crippen LogP contribution is 2.38. The Morgan fingerprint density at radius 1 is 1.00 bits per heavy atom. The minimum Gasteiger partial charge on any atom is -0.258 e. The van der Waals surface area contributed by atoms with Gasteiger partial charge in [0.25, 0.3) is 5.69 Å². The van der Waals surface area contributed by atoms with Crippen LogP contribution in [0.25, 0.3) is 28.0 Å². The van der Waals surface area contributed by atoms with E-state index in [-0.39, 0.29) is 28.1 Å². The predicted molar refractivity (Wildman–Crippen MR) is 105 cm³/mol. The first-order chi connectivity index (χ1) is 14.1. The van der Waals surface area contributed by atoms with Crippen molar-refractivity contribution in [3.05, 3.63) is 81.5 Å². The first-order valence-electron chi connectivity index (χ1n) is 8.94. The Bertz CT molecular complexity index is 1260. The second-order valence-corrected chi connectivity index (χ2v) is 6.89. The summed E-state index contributed by atoms with van der Waals surface area (Å²) in [5.74, 6) is 0. The van der Waals surface area contributed by atoms with E-state index in [9.17, 15) is 23.3 Å². The van der Waals surface area contributed by atoms with E-state index in [1.165, 1.54) is 35.9 Å². The molecule has 2 aromatic heterocycles. The first kappa shape index (κ1) is 19.6. The fourth-order valence-corrected chi connectivity index (χ4v) is 3.28. The average molecular weight is 412 g/mol. The van der Waals surface area contributed by atoms with Crippen LogP contribution in [0, 0.1) is 24.0 Å². The summed E-state index contributed by atoms with van der Waals surface area (Å²) < 4.78 is 42.9. The Balaban J connectivity index is 2.00. The van der Waals surface area contributed by atoms with Crippen LogP contribution in [0.3, 0.4) is 0 Å². The van der Waals surface area contributed by atoms with Crippen LogP contribution in [0.1, 0.15) is 16.8 Å². The monoisotopic (exact) mass is 412 g/mol. The van der Waals surface area contributed by atoms with Crippen LogP contribution >= 0.6 is 0 Å². The highest BCUT2D eigenvalue weighted by Gasteiger charge is 2.35. The maximum atomic E-state index is 13.9. The van der Waals surface area contributed by atoms with Crippen molar-refractivity contribution in [1.29, 1.82) is 0 Å². The summed E-state index contributed by atoms with van der Waals surface area (Å²) in [6, 6.07) is 13.4. The molecule has 2 heterocycles. The van der Waals surface area contributed by atoms with Gasteiger partial charge in [-0.15, -0.1) is 0 Å². The largest absolute Gasteiger partial charge is 0.417 e. The van der Waals surface area contributed by atoms with E-state index in [1.807, 2.05) is 6.92 Å². The molecule has 0 aliphatic carbocycles. The minimum absolute atomic E-state index is 0.0340. The second kappa shape index (κ2) is 6.94. The summed E-state index contributed by atoms with van der Waals surface area (Å²) in [7, 11) is 0. The van der Waals surface area contributed by atoms with E-state index >= 15 is 0 Å². The molecule has 9 heteroatoms. The number of benzene rings is 2. The van der Waals surface area contributed by atoms with Gasteiger partial charge in [-0.25, -0.2) is 9.67 Å². The number of rotatable bonds is 3. The number of fused-ring (bicyclic) bond motifs is 1. The summed E-state index contributed by atoms with van der Waals surface area (Å²) >= 11 is 0. The average Bonchev–Trinajstić information content (AvgIpc) is 3.04. The Hall–Kier alpha value is -3.75. The zero-order chi connectivity index (χ0) is 21.6. The van der Waals surface area contributed by atoms with Gasteiger partial charge in [-0.05, 0) is 32.0 Å². The maximum absolute atomic E-state index is 13.9. The number of aromatic nitrogens is 3. The molecule has 0 spiro atoms. The number of non-ortho nitro benzene ring substituents is 1. The van der Waals surface area contributed by atoms with Gasteiger partial charge in [0.15, 0.2) is 5.65 Å². The minimum atomic E-state index is -4.60. The summed E-state index contributed by atoms with van der Waals surface area (Å²) in [6.45, 7) is 3.36. The molecular formula is C21H15F3N4O2. The number of hydrogen-bond acceptors (Lipinski definition) is 4. The smallest absolute Gasteiger partial charge is 0.258 e. The summed E-state index contributed by atoms with van der Waals surface area (Å²) in [4.78, 5) is 14.8. The first-order valence-corrected chi connectivity index (χ1v) is 8.94. The van der Waals surface area contributed by atoms with Crippen LogP contribution in [0.4, 0.5) is 18.9 Å². The zero-order valence-electron chi connectivity index (χ0n) is 15.9. The third-order valence-corrected chi connectivity index (χ3v) is 4.77. The molecule has 0 saturated heterocycles. The second-order valence-electron chi connectivity index (χ2n) is 6.89. The molecule has 0 fully saturated rings. The van der Waals surface area contributed by atoms with Crippen molar-refractivity contribution in [3.8, 4) is 16.9 Å². The summed E-state index contributed by atoms with van der Waals surface area (Å²) in [6.07, 6.45) is -4.60. The third kappa shape index (κ3) is 3.38. The normalized spacial score (nSPS) is 11.8. The van der Waals surface area contributed by atoms with Crippen LogP contribution < -0.4 is 0 Å². The van der Waals surface area contributed by atoms with Crippen LogP contribution in [-0.4, -0.2) is 19.7 Å². The van der Waals surface area contributed by atoms with E-state index in [1.54, 1.807) is 24.3 Å². The van der Waals surface area contributed by atoms with Gasteiger partial charge >= 0.3 is 6.18 Å². The third-order valence-electron chi connectivity index (χ3n) is 4.77. The molecule has 0 atom stereocenters. The molecule has 0 aliphatic heterocycles. The van der Waals surface area contributed by atoms with E-state index in [0.29, 0.717) is 11.3 Å². The van der Waals surface area contributed by atoms with Gasteiger partial charge in [0, 0.05) is 17.7 Å². The Morgan fingerprint density at radius 2 is 1.63 bits per heavy atom. The van der Waals surface area contributed by atoms with E-state index in [2.05, 4.69) is 10.1 Å². The number of nitro benzene ring substituents is 1. The predicted octanol–water partition coefficient (Wildman–Crippen LogP) is 5.63. The number of aryl methyl sites for hydroxylation is 2. The van der Waals surface area contributed by atoms with Crippen LogP contribution in [-0.2, 0) is 6.18 Å². The molecule has 0 unspecified atom stereocenters. The molecule has 0 bridgehead atoms. The zero-order valence-corrected chi connectivity index (χ0v) is 15.9. The lowest BCUT2D eigenvalue weighted by Crippen LogP contribution is -2.08. The standard InChI is InChI=1S/C21H15F3N4O2/c1-12-3-5-14(6-4-12)18-11-17(21(22,23)24)19-13(2)26-27(20(19)25-18)15-7-9-16(10-8-15)28(29)30/h3-11H,1-2H3. The fourth-order valence-electron chi connectivity index (χ4n) is 3.28. The number of hydrogen-bond donors (Lipinski definition) is 0. The molecule has 4 rings (SSSR count). The molecule has 2 aromatic carbocycles. The van der Waals surface area contributed by atoms with Gasteiger partial charge in [-0.1, -0.05) is 29.8 Å². The number of nitrogens with zero attached hydrogens (tertiary/aromatic N) is 4. The van der Waals surface area contributed by atoms with Crippen molar-refractivity contribution < 1.29 is 18.1 Å². The van der Waals surface area contributed by atoms with Gasteiger partial charge in [0.1, 0.15) is 0 Å². The quantitative estimate of drug-likeness (QED) is 0.323. The summed E-state index contributed by atoms with van der Waals surface area (Å²) in [5, 5.41) is 15.0. The van der Waals surface area contributed by atoms with Gasteiger partial charge in [0.05, 0.1) is 32.9 Å². The van der Waals surface area contributed by atoms with Crippen molar-refractivity contribution in [2.24, 2.45) is 0 Å². The molecule has 30 heavy (non-hydrogen) atoms. The number of nitro groups is 1. The van der Waals surface area contributed by atoms with Gasteiger partial charge < -0.3 is 0 Å². The van der Waals surface area contributed by atoms with Crippen molar-refractivity contribution >= 4 is 16.7 Å². The van der Waals surface area contributed by atoms with Gasteiger partial charge in [-0.2, -0.15) is 18.3 Å². The van der Waals surface area contributed by atoms with E-state index in [4.69, 9.17) is 0 Å².